The van der Waals surface area contributed by atoms with Gasteiger partial charge in [-0.1, -0.05) is 39.5 Å². The van der Waals surface area contributed by atoms with Crippen molar-refractivity contribution in [1.82, 2.24) is 9.29 Å². The van der Waals surface area contributed by atoms with Crippen LogP contribution in [0.2, 0.25) is 0 Å². The summed E-state index contributed by atoms with van der Waals surface area (Å²) >= 11 is 0.153. The maximum Gasteiger partial charge on any atom is 0.257 e. The molecule has 0 bridgehead atoms. The summed E-state index contributed by atoms with van der Waals surface area (Å²) in [5.74, 6) is 0.549. The number of benzene rings is 2. The van der Waals surface area contributed by atoms with Crippen LogP contribution in [0.3, 0.4) is 0 Å². The summed E-state index contributed by atoms with van der Waals surface area (Å²) in [6, 6.07) is 14.7. The Balaban J connectivity index is 1.61. The largest absolute Gasteiger partial charge is 0.593 e. The molecule has 0 aliphatic rings. The number of hydrogen-bond acceptors (Lipinski definition) is 6. The number of thiazole rings is 1. The molecule has 3 aromatic rings. The lowest BCUT2D eigenvalue weighted by atomic mass is 10.2. The van der Waals surface area contributed by atoms with Gasteiger partial charge in [-0.2, -0.15) is 0 Å². The summed E-state index contributed by atoms with van der Waals surface area (Å²) in [6.45, 7) is 6.00. The van der Waals surface area contributed by atoms with Crippen LogP contribution in [-0.4, -0.2) is 39.9 Å². The lowest BCUT2D eigenvalue weighted by molar-refractivity contribution is 0.102. The Morgan fingerprint density at radius 1 is 1.00 bits per heavy atom. The number of ether oxygens (including phenoxy) is 1. The van der Waals surface area contributed by atoms with Crippen molar-refractivity contribution in [3.05, 3.63) is 59.5 Å². The molecule has 0 radical (unpaired) electrons. The number of methoxy groups -OCH3 is 1. The number of hydrogen-bond donors (Lipinski definition) is 1. The monoisotopic (exact) mass is 513 g/mol. The first-order valence-electron chi connectivity index (χ1n) is 12.2. The van der Waals surface area contributed by atoms with Crippen LogP contribution in [0.4, 0.5) is 5.13 Å². The third-order valence-electron chi connectivity index (χ3n) is 5.69. The molecule has 0 saturated carbocycles. The van der Waals surface area contributed by atoms with Gasteiger partial charge in [0.1, 0.15) is 5.75 Å². The van der Waals surface area contributed by atoms with E-state index in [0.717, 1.165) is 73.5 Å². The average molecular weight is 514 g/mol. The third kappa shape index (κ3) is 8.07. The molecule has 6 nitrogen and oxygen atoms in total. The van der Waals surface area contributed by atoms with E-state index in [1.54, 1.807) is 31.4 Å². The fourth-order valence-electron chi connectivity index (χ4n) is 3.62. The number of carbonyl (C=O) groups is 1. The Morgan fingerprint density at radius 2 is 1.63 bits per heavy atom. The number of rotatable bonds is 14. The van der Waals surface area contributed by atoms with Gasteiger partial charge >= 0.3 is 0 Å². The second kappa shape index (κ2) is 14.2. The Kier molecular flexibility index (Phi) is 11.1. The molecule has 0 aliphatic heterocycles. The molecule has 1 atom stereocenters. The summed E-state index contributed by atoms with van der Waals surface area (Å²) in [6.07, 6.45) is 6.64. The highest BCUT2D eigenvalue weighted by atomic mass is 32.2. The zero-order valence-electron chi connectivity index (χ0n) is 20.8. The zero-order chi connectivity index (χ0) is 25.0. The van der Waals surface area contributed by atoms with Crippen LogP contribution in [-0.2, 0) is 11.4 Å². The van der Waals surface area contributed by atoms with E-state index in [0.29, 0.717) is 10.7 Å². The first-order valence-corrected chi connectivity index (χ1v) is 14.2. The van der Waals surface area contributed by atoms with E-state index in [2.05, 4.69) is 28.5 Å². The predicted molar refractivity (Wildman–Crippen MR) is 146 cm³/mol. The van der Waals surface area contributed by atoms with Crippen molar-refractivity contribution < 1.29 is 14.1 Å². The smallest absolute Gasteiger partial charge is 0.257 e. The van der Waals surface area contributed by atoms with E-state index in [9.17, 15) is 9.35 Å². The van der Waals surface area contributed by atoms with Crippen molar-refractivity contribution in [1.29, 1.82) is 0 Å². The quantitative estimate of drug-likeness (QED) is 0.190. The van der Waals surface area contributed by atoms with Crippen LogP contribution in [0.15, 0.2) is 58.8 Å². The highest BCUT2D eigenvalue weighted by Gasteiger charge is 2.22. The fraction of sp³-hybridized carbons (Fsp3) is 0.407. The fourth-order valence-corrected chi connectivity index (χ4v) is 5.59. The number of aromatic nitrogens is 1. The summed E-state index contributed by atoms with van der Waals surface area (Å²) < 4.78 is 20.5. The van der Waals surface area contributed by atoms with Crippen molar-refractivity contribution in [2.75, 3.05) is 25.5 Å². The molecule has 1 heterocycles. The van der Waals surface area contributed by atoms with E-state index < -0.39 is 11.4 Å². The molecule has 0 saturated heterocycles. The van der Waals surface area contributed by atoms with Crippen LogP contribution in [0.25, 0.3) is 11.3 Å². The van der Waals surface area contributed by atoms with Crippen LogP contribution >= 0.6 is 11.3 Å². The Morgan fingerprint density at radius 3 is 2.20 bits per heavy atom. The molecule has 1 amide bonds. The molecule has 1 unspecified atom stereocenters. The van der Waals surface area contributed by atoms with Crippen LogP contribution in [0, 0.1) is 0 Å². The van der Waals surface area contributed by atoms with Gasteiger partial charge < -0.3 is 9.29 Å². The second-order valence-corrected chi connectivity index (χ2v) is 10.7. The Labute approximate surface area is 216 Å². The molecule has 1 aromatic heterocycles. The van der Waals surface area contributed by atoms with Crippen molar-refractivity contribution in [3.63, 3.8) is 0 Å². The van der Waals surface area contributed by atoms with Gasteiger partial charge in [-0.3, -0.25) is 10.1 Å². The van der Waals surface area contributed by atoms with Gasteiger partial charge in [-0.05, 0) is 61.4 Å². The summed E-state index contributed by atoms with van der Waals surface area (Å²) in [5, 5.41) is 5.31. The molecule has 3 rings (SSSR count). The molecule has 0 spiro atoms. The van der Waals surface area contributed by atoms with Crippen molar-refractivity contribution in [2.24, 2.45) is 0 Å². The normalized spacial score (nSPS) is 12.0. The zero-order valence-corrected chi connectivity index (χ0v) is 22.4. The van der Waals surface area contributed by atoms with Crippen molar-refractivity contribution >= 4 is 33.7 Å². The molecule has 0 fully saturated rings. The number of anilines is 1. The minimum absolute atomic E-state index is 0.235. The lowest BCUT2D eigenvalue weighted by Crippen LogP contribution is -2.33. The molecule has 2 aromatic carbocycles. The average Bonchev–Trinajstić information content (AvgIpc) is 3.36. The SMILES string of the molecule is CCCCCN(CCCCC)[S+]([O-])c1ccc(C(=O)Nc2nc(-c3ccc(OC)cc3)cs2)cc1. The summed E-state index contributed by atoms with van der Waals surface area (Å²) in [5.41, 5.74) is 2.26. The number of nitrogens with one attached hydrogen (secondary N) is 1. The number of nitrogens with zero attached hydrogens (tertiary/aromatic N) is 2. The molecular formula is C27H35N3O3S2. The molecule has 0 aliphatic carbocycles. The first kappa shape index (κ1) is 27.2. The topological polar surface area (TPSA) is 77.5 Å². The molecular weight excluding hydrogens is 478 g/mol. The van der Waals surface area contributed by atoms with Gasteiger partial charge in [0.25, 0.3) is 5.91 Å². The maximum atomic E-state index is 13.2. The number of unbranched alkanes of at least 4 members (excludes halogenated alkanes) is 4. The first-order chi connectivity index (χ1) is 17.0. The van der Waals surface area contributed by atoms with Crippen LogP contribution in [0.5, 0.6) is 5.75 Å². The van der Waals surface area contributed by atoms with Crippen LogP contribution < -0.4 is 10.1 Å². The molecule has 35 heavy (non-hydrogen) atoms. The van der Waals surface area contributed by atoms with Gasteiger partial charge in [-0.25, -0.2) is 4.98 Å². The highest BCUT2D eigenvalue weighted by molar-refractivity contribution is 7.89. The number of amides is 1. The second-order valence-electron chi connectivity index (χ2n) is 8.34. The van der Waals surface area contributed by atoms with Gasteiger partial charge in [0.15, 0.2) is 10.0 Å². The van der Waals surface area contributed by atoms with Crippen LogP contribution in [0.1, 0.15) is 62.7 Å². The standard InChI is InChI=1S/C27H35N3O3S2/c1-4-6-8-18-30(19-9-7-5-2)35(32)24-16-12-22(13-17-24)26(31)29-27-28-25(20-34-27)21-10-14-23(33-3)15-11-21/h10-17,20H,4-9,18-19H2,1-3H3,(H,28,29,31). The third-order valence-corrected chi connectivity index (χ3v) is 7.95. The molecule has 188 valence electrons. The summed E-state index contributed by atoms with van der Waals surface area (Å²) in [7, 11) is 1.63. The minimum atomic E-state index is -1.23. The van der Waals surface area contributed by atoms with Crippen molar-refractivity contribution in [3.8, 4) is 17.0 Å². The summed E-state index contributed by atoms with van der Waals surface area (Å²) in [4.78, 5) is 18.0. The van der Waals surface area contributed by atoms with E-state index in [-0.39, 0.29) is 5.91 Å². The van der Waals surface area contributed by atoms with Gasteiger partial charge in [-0.15, -0.1) is 15.6 Å². The highest BCUT2D eigenvalue weighted by Crippen LogP contribution is 2.27. The number of carbonyl (C=O) groups excluding carboxylic acids is 1. The van der Waals surface area contributed by atoms with Gasteiger partial charge in [0, 0.05) is 29.6 Å². The Hall–Kier alpha value is -2.39. The van der Waals surface area contributed by atoms with E-state index in [4.69, 9.17) is 4.74 Å². The van der Waals surface area contributed by atoms with Crippen molar-refractivity contribution in [2.45, 2.75) is 57.3 Å². The molecule has 8 heteroatoms. The minimum Gasteiger partial charge on any atom is -0.593 e. The van der Waals surface area contributed by atoms with Gasteiger partial charge in [0.2, 0.25) is 0 Å². The molecule has 1 N–H and O–H groups in total. The maximum absolute atomic E-state index is 13.2. The lowest BCUT2D eigenvalue weighted by Gasteiger charge is -2.24. The van der Waals surface area contributed by atoms with E-state index in [1.807, 2.05) is 29.6 Å². The Bertz CT molecular complexity index is 1030. The van der Waals surface area contributed by atoms with E-state index >= 15 is 0 Å². The predicted octanol–water partition coefficient (Wildman–Crippen LogP) is 6.78. The van der Waals surface area contributed by atoms with E-state index in [1.165, 1.54) is 11.3 Å². The van der Waals surface area contributed by atoms with Gasteiger partial charge in [0.05, 0.1) is 24.2 Å².